The molecule has 0 fully saturated rings. The van der Waals surface area contributed by atoms with Crippen molar-refractivity contribution in [1.82, 2.24) is 20.1 Å². The van der Waals surface area contributed by atoms with Crippen molar-refractivity contribution in [3.05, 3.63) is 51.6 Å². The number of aromatic nitrogens is 3. The number of nitrogens with one attached hydrogen (secondary N) is 1. The van der Waals surface area contributed by atoms with Gasteiger partial charge in [-0.3, -0.25) is 9.48 Å². The van der Waals surface area contributed by atoms with Crippen LogP contribution in [0.4, 0.5) is 5.13 Å². The Morgan fingerprint density at radius 2 is 2.17 bits per heavy atom. The lowest BCUT2D eigenvalue weighted by Crippen LogP contribution is -2.36. The molecule has 0 radical (unpaired) electrons. The molecule has 0 aliphatic heterocycles. The van der Waals surface area contributed by atoms with Gasteiger partial charge in [-0.15, -0.1) is 11.3 Å². The van der Waals surface area contributed by atoms with E-state index < -0.39 is 0 Å². The van der Waals surface area contributed by atoms with Crippen molar-refractivity contribution in [3.8, 4) is 17.3 Å². The molecule has 0 saturated heterocycles. The third-order valence-electron chi connectivity index (χ3n) is 4.37. The average Bonchev–Trinajstić information content (AvgIpc) is 3.33. The van der Waals surface area contributed by atoms with Crippen LogP contribution in [0.2, 0.25) is 5.02 Å². The van der Waals surface area contributed by atoms with Crippen molar-refractivity contribution in [2.75, 3.05) is 19.0 Å². The standard InChI is InChI=1S/C20H21ClN6OS/c1-12(23-19(28)17-11-29-20(24-17)26(3)4)10-27-8-7-16(25-27)15-6-5-14(9-22)18(21)13(15)2/h5-8,11-12H,10H2,1-4H3,(H,23,28)/t12-/m0/s1. The molecule has 0 spiro atoms. The number of thiazole rings is 1. The summed E-state index contributed by atoms with van der Waals surface area (Å²) in [6, 6.07) is 7.38. The van der Waals surface area contributed by atoms with E-state index in [1.165, 1.54) is 11.3 Å². The van der Waals surface area contributed by atoms with Gasteiger partial charge in [0.1, 0.15) is 11.8 Å². The maximum atomic E-state index is 12.4. The van der Waals surface area contributed by atoms with Gasteiger partial charge in [0.05, 0.1) is 22.8 Å². The van der Waals surface area contributed by atoms with Crippen LogP contribution in [0.25, 0.3) is 11.3 Å². The van der Waals surface area contributed by atoms with E-state index >= 15 is 0 Å². The molecular weight excluding hydrogens is 408 g/mol. The van der Waals surface area contributed by atoms with Gasteiger partial charge in [-0.25, -0.2) is 4.98 Å². The van der Waals surface area contributed by atoms with Crippen LogP contribution in [-0.2, 0) is 6.54 Å². The summed E-state index contributed by atoms with van der Waals surface area (Å²) < 4.78 is 1.78. The smallest absolute Gasteiger partial charge is 0.271 e. The lowest BCUT2D eigenvalue weighted by Gasteiger charge is -2.13. The molecule has 2 heterocycles. The Balaban J connectivity index is 1.67. The van der Waals surface area contributed by atoms with E-state index in [0.29, 0.717) is 22.8 Å². The molecule has 0 saturated carbocycles. The number of amides is 1. The Morgan fingerprint density at radius 1 is 1.41 bits per heavy atom. The molecule has 1 N–H and O–H groups in total. The largest absolute Gasteiger partial charge is 0.354 e. The van der Waals surface area contributed by atoms with Crippen molar-refractivity contribution < 1.29 is 4.79 Å². The maximum absolute atomic E-state index is 12.4. The molecule has 0 aliphatic rings. The van der Waals surface area contributed by atoms with Gasteiger partial charge in [0, 0.05) is 37.3 Å². The van der Waals surface area contributed by atoms with Crippen molar-refractivity contribution in [1.29, 1.82) is 5.26 Å². The number of hydrogen-bond donors (Lipinski definition) is 1. The third kappa shape index (κ3) is 4.58. The third-order valence-corrected chi connectivity index (χ3v) is 5.86. The monoisotopic (exact) mass is 428 g/mol. The Labute approximate surface area is 178 Å². The highest BCUT2D eigenvalue weighted by atomic mass is 35.5. The van der Waals surface area contributed by atoms with E-state index in [4.69, 9.17) is 16.9 Å². The summed E-state index contributed by atoms with van der Waals surface area (Å²) in [4.78, 5) is 18.6. The summed E-state index contributed by atoms with van der Waals surface area (Å²) in [5, 5.41) is 19.6. The highest BCUT2D eigenvalue weighted by Gasteiger charge is 2.16. The minimum atomic E-state index is -0.205. The van der Waals surface area contributed by atoms with Crippen LogP contribution in [0.3, 0.4) is 0 Å². The predicted molar refractivity (Wildman–Crippen MR) is 115 cm³/mol. The summed E-state index contributed by atoms with van der Waals surface area (Å²) in [6.07, 6.45) is 1.86. The lowest BCUT2D eigenvalue weighted by atomic mass is 10.0. The van der Waals surface area contributed by atoms with Crippen LogP contribution >= 0.6 is 22.9 Å². The van der Waals surface area contributed by atoms with Gasteiger partial charge in [-0.05, 0) is 31.5 Å². The van der Waals surface area contributed by atoms with E-state index in [2.05, 4.69) is 21.5 Å². The number of halogens is 1. The zero-order valence-electron chi connectivity index (χ0n) is 16.6. The molecule has 3 rings (SSSR count). The van der Waals surface area contributed by atoms with Gasteiger partial charge in [0.25, 0.3) is 5.91 Å². The van der Waals surface area contributed by atoms with Crippen molar-refractivity contribution in [2.24, 2.45) is 0 Å². The number of nitrogens with zero attached hydrogens (tertiary/aromatic N) is 5. The molecule has 7 nitrogen and oxygen atoms in total. The SMILES string of the molecule is Cc1c(-c2ccn(C[C@H](C)NC(=O)c3csc(N(C)C)n3)n2)ccc(C#N)c1Cl. The van der Waals surface area contributed by atoms with Crippen LogP contribution in [-0.4, -0.2) is 40.8 Å². The number of anilines is 1. The molecule has 9 heteroatoms. The summed E-state index contributed by atoms with van der Waals surface area (Å²) >= 11 is 7.69. The second kappa shape index (κ2) is 8.64. The Kier molecular flexibility index (Phi) is 6.20. The van der Waals surface area contributed by atoms with Gasteiger partial charge in [0.2, 0.25) is 0 Å². The molecule has 0 bridgehead atoms. The van der Waals surface area contributed by atoms with Gasteiger partial charge in [-0.1, -0.05) is 17.7 Å². The molecule has 29 heavy (non-hydrogen) atoms. The molecule has 3 aromatic rings. The summed E-state index contributed by atoms with van der Waals surface area (Å²) in [7, 11) is 3.78. The molecule has 1 aromatic carbocycles. The van der Waals surface area contributed by atoms with Crippen LogP contribution in [0, 0.1) is 18.3 Å². The van der Waals surface area contributed by atoms with Crippen LogP contribution in [0.5, 0.6) is 0 Å². The fraction of sp³-hybridized carbons (Fsp3) is 0.300. The number of carbonyl (C=O) groups excluding carboxylic acids is 1. The molecule has 1 amide bonds. The summed E-state index contributed by atoms with van der Waals surface area (Å²) in [5.41, 5.74) is 3.32. The number of carbonyl (C=O) groups is 1. The van der Waals surface area contributed by atoms with Crippen LogP contribution in [0.1, 0.15) is 28.5 Å². The first-order valence-corrected chi connectivity index (χ1v) is 10.2. The molecular formula is C20H21ClN6OS. The van der Waals surface area contributed by atoms with Gasteiger partial charge in [-0.2, -0.15) is 10.4 Å². The molecule has 2 aromatic heterocycles. The first-order chi connectivity index (χ1) is 13.8. The van der Waals surface area contributed by atoms with Crippen molar-refractivity contribution >= 4 is 34.0 Å². The zero-order valence-corrected chi connectivity index (χ0v) is 18.2. The van der Waals surface area contributed by atoms with Crippen LogP contribution < -0.4 is 10.2 Å². The second-order valence-electron chi connectivity index (χ2n) is 6.92. The van der Waals surface area contributed by atoms with E-state index in [-0.39, 0.29) is 11.9 Å². The minimum Gasteiger partial charge on any atom is -0.354 e. The minimum absolute atomic E-state index is 0.134. The fourth-order valence-corrected chi connectivity index (χ4v) is 3.80. The normalized spacial score (nSPS) is 11.7. The van der Waals surface area contributed by atoms with Gasteiger partial charge >= 0.3 is 0 Å². The van der Waals surface area contributed by atoms with E-state index in [9.17, 15) is 4.79 Å². The topological polar surface area (TPSA) is 86.8 Å². The molecule has 0 aliphatic carbocycles. The van der Waals surface area contributed by atoms with Crippen molar-refractivity contribution in [3.63, 3.8) is 0 Å². The van der Waals surface area contributed by atoms with Gasteiger partial charge < -0.3 is 10.2 Å². The zero-order chi connectivity index (χ0) is 21.1. The molecule has 1 atom stereocenters. The van der Waals surface area contributed by atoms with Gasteiger partial charge in [0.15, 0.2) is 5.13 Å². The Morgan fingerprint density at radius 3 is 2.83 bits per heavy atom. The quantitative estimate of drug-likeness (QED) is 0.646. The van der Waals surface area contributed by atoms with Crippen molar-refractivity contribution in [2.45, 2.75) is 26.4 Å². The van der Waals surface area contributed by atoms with E-state index in [1.807, 2.05) is 51.2 Å². The maximum Gasteiger partial charge on any atom is 0.271 e. The number of rotatable bonds is 6. The van der Waals surface area contributed by atoms with E-state index in [0.717, 1.165) is 22.0 Å². The predicted octanol–water partition coefficient (Wildman–Crippen LogP) is 3.72. The van der Waals surface area contributed by atoms with E-state index in [1.54, 1.807) is 16.1 Å². The molecule has 150 valence electrons. The summed E-state index contributed by atoms with van der Waals surface area (Å²) in [6.45, 7) is 4.30. The second-order valence-corrected chi connectivity index (χ2v) is 8.13. The highest BCUT2D eigenvalue weighted by Crippen LogP contribution is 2.30. The molecule has 0 unspecified atom stereocenters. The number of nitriles is 1. The Hall–Kier alpha value is -2.89. The fourth-order valence-electron chi connectivity index (χ4n) is 2.85. The number of benzene rings is 1. The average molecular weight is 429 g/mol. The van der Waals surface area contributed by atoms with Crippen LogP contribution in [0.15, 0.2) is 29.8 Å². The first kappa shape index (κ1) is 20.8. The Bertz CT molecular complexity index is 1080. The first-order valence-electron chi connectivity index (χ1n) is 8.97. The number of hydrogen-bond acceptors (Lipinski definition) is 6. The summed E-state index contributed by atoms with van der Waals surface area (Å²) in [5.74, 6) is -0.205. The highest BCUT2D eigenvalue weighted by molar-refractivity contribution is 7.13. The lowest BCUT2D eigenvalue weighted by molar-refractivity contribution is 0.0931.